The summed E-state index contributed by atoms with van der Waals surface area (Å²) in [5.41, 5.74) is 6.78. The third-order valence-corrected chi connectivity index (χ3v) is 4.11. The van der Waals surface area contributed by atoms with Gasteiger partial charge in [-0.1, -0.05) is 30.7 Å². The zero-order chi connectivity index (χ0) is 16.0. The number of nitrogens with two attached hydrogens (primary N) is 1. The van der Waals surface area contributed by atoms with Crippen LogP contribution in [0.5, 0.6) is 0 Å². The van der Waals surface area contributed by atoms with Gasteiger partial charge in [0.2, 0.25) is 0 Å². The standard InChI is InChI=1S/C17H19ClN2O2/c1-2-17(12-19,14-3-5-15(18)6-4-14)16(21)22-11-13-7-9-20-10-8-13/h3-10H,2,11-12,19H2,1H3. The zero-order valence-electron chi connectivity index (χ0n) is 12.5. The van der Waals surface area contributed by atoms with Gasteiger partial charge in [-0.3, -0.25) is 9.78 Å². The summed E-state index contributed by atoms with van der Waals surface area (Å²) in [6.07, 6.45) is 3.89. The molecule has 0 saturated carbocycles. The van der Waals surface area contributed by atoms with Gasteiger partial charge in [0.1, 0.15) is 12.0 Å². The molecule has 4 nitrogen and oxygen atoms in total. The van der Waals surface area contributed by atoms with Crippen LogP contribution < -0.4 is 5.73 Å². The van der Waals surface area contributed by atoms with E-state index in [1.807, 2.05) is 31.2 Å². The van der Waals surface area contributed by atoms with Crippen LogP contribution in [0.25, 0.3) is 0 Å². The molecule has 1 unspecified atom stereocenters. The van der Waals surface area contributed by atoms with E-state index in [1.54, 1.807) is 24.5 Å². The molecule has 0 saturated heterocycles. The van der Waals surface area contributed by atoms with Crippen LogP contribution in [0.3, 0.4) is 0 Å². The van der Waals surface area contributed by atoms with Crippen LogP contribution >= 0.6 is 11.6 Å². The number of nitrogens with zero attached hydrogens (tertiary/aromatic N) is 1. The van der Waals surface area contributed by atoms with Crippen LogP contribution in [-0.2, 0) is 21.6 Å². The van der Waals surface area contributed by atoms with E-state index in [0.717, 1.165) is 11.1 Å². The van der Waals surface area contributed by atoms with Crippen molar-refractivity contribution in [1.29, 1.82) is 0 Å². The summed E-state index contributed by atoms with van der Waals surface area (Å²) in [4.78, 5) is 16.6. The van der Waals surface area contributed by atoms with E-state index in [9.17, 15) is 4.79 Å². The molecule has 0 aliphatic rings. The summed E-state index contributed by atoms with van der Waals surface area (Å²) in [5, 5.41) is 0.621. The van der Waals surface area contributed by atoms with E-state index in [1.165, 1.54) is 0 Å². The highest BCUT2D eigenvalue weighted by molar-refractivity contribution is 6.30. The third kappa shape index (κ3) is 3.46. The van der Waals surface area contributed by atoms with Gasteiger partial charge in [0.15, 0.2) is 0 Å². The number of aromatic nitrogens is 1. The molecule has 1 aromatic carbocycles. The van der Waals surface area contributed by atoms with Crippen LogP contribution in [0, 0.1) is 0 Å². The number of halogens is 1. The van der Waals surface area contributed by atoms with Gasteiger partial charge in [0, 0.05) is 24.0 Å². The Morgan fingerprint density at radius 3 is 2.41 bits per heavy atom. The highest BCUT2D eigenvalue weighted by Crippen LogP contribution is 2.30. The lowest BCUT2D eigenvalue weighted by atomic mass is 9.78. The predicted octanol–water partition coefficient (Wildman–Crippen LogP) is 3.08. The van der Waals surface area contributed by atoms with Crippen molar-refractivity contribution in [3.8, 4) is 0 Å². The Morgan fingerprint density at radius 2 is 1.86 bits per heavy atom. The Labute approximate surface area is 135 Å². The Morgan fingerprint density at radius 1 is 1.23 bits per heavy atom. The fourth-order valence-electron chi connectivity index (χ4n) is 2.35. The summed E-state index contributed by atoms with van der Waals surface area (Å²) in [7, 11) is 0. The number of hydrogen-bond donors (Lipinski definition) is 1. The number of carbonyl (C=O) groups excluding carboxylic acids is 1. The van der Waals surface area contributed by atoms with Crippen LogP contribution in [0.4, 0.5) is 0 Å². The molecular weight excluding hydrogens is 300 g/mol. The molecular formula is C17H19ClN2O2. The number of rotatable bonds is 6. The first-order valence-corrected chi connectivity index (χ1v) is 7.52. The van der Waals surface area contributed by atoms with Crippen molar-refractivity contribution in [2.45, 2.75) is 25.4 Å². The monoisotopic (exact) mass is 318 g/mol. The molecule has 22 heavy (non-hydrogen) atoms. The molecule has 0 aliphatic carbocycles. The summed E-state index contributed by atoms with van der Waals surface area (Å²) >= 11 is 5.92. The molecule has 116 valence electrons. The molecule has 0 radical (unpaired) electrons. The molecule has 0 fully saturated rings. The van der Waals surface area contributed by atoms with Gasteiger partial charge in [0.05, 0.1) is 0 Å². The van der Waals surface area contributed by atoms with E-state index >= 15 is 0 Å². The highest BCUT2D eigenvalue weighted by Gasteiger charge is 2.38. The molecule has 5 heteroatoms. The topological polar surface area (TPSA) is 65.2 Å². The minimum Gasteiger partial charge on any atom is -0.460 e. The van der Waals surface area contributed by atoms with E-state index in [-0.39, 0.29) is 19.1 Å². The van der Waals surface area contributed by atoms with Crippen molar-refractivity contribution in [2.75, 3.05) is 6.54 Å². The van der Waals surface area contributed by atoms with Gasteiger partial charge in [0.25, 0.3) is 0 Å². The van der Waals surface area contributed by atoms with Crippen LogP contribution in [-0.4, -0.2) is 17.5 Å². The lowest BCUT2D eigenvalue weighted by Gasteiger charge is -2.29. The van der Waals surface area contributed by atoms with E-state index in [4.69, 9.17) is 22.1 Å². The average molecular weight is 319 g/mol. The fourth-order valence-corrected chi connectivity index (χ4v) is 2.47. The first kappa shape index (κ1) is 16.5. The maximum absolute atomic E-state index is 12.6. The second-order valence-corrected chi connectivity index (χ2v) is 5.51. The van der Waals surface area contributed by atoms with Crippen LogP contribution in [0.1, 0.15) is 24.5 Å². The van der Waals surface area contributed by atoms with Crippen LogP contribution in [0.2, 0.25) is 5.02 Å². The SMILES string of the molecule is CCC(CN)(C(=O)OCc1ccncc1)c1ccc(Cl)cc1. The zero-order valence-corrected chi connectivity index (χ0v) is 13.2. The molecule has 1 aromatic heterocycles. The number of ether oxygens (including phenoxy) is 1. The lowest BCUT2D eigenvalue weighted by molar-refractivity contribution is -0.152. The molecule has 2 rings (SSSR count). The predicted molar refractivity (Wildman–Crippen MR) is 86.5 cm³/mol. The maximum Gasteiger partial charge on any atom is 0.318 e. The molecule has 2 aromatic rings. The maximum atomic E-state index is 12.6. The largest absolute Gasteiger partial charge is 0.460 e. The van der Waals surface area contributed by atoms with Gasteiger partial charge < -0.3 is 10.5 Å². The first-order chi connectivity index (χ1) is 10.6. The summed E-state index contributed by atoms with van der Waals surface area (Å²) in [6.45, 7) is 2.31. The quantitative estimate of drug-likeness (QED) is 0.831. The van der Waals surface area contributed by atoms with Crippen LogP contribution in [0.15, 0.2) is 48.8 Å². The molecule has 0 bridgehead atoms. The molecule has 1 atom stereocenters. The minimum atomic E-state index is -0.850. The molecule has 0 amide bonds. The number of carbonyl (C=O) groups is 1. The summed E-state index contributed by atoms with van der Waals surface area (Å²) in [6, 6.07) is 10.8. The van der Waals surface area contributed by atoms with Crippen molar-refractivity contribution < 1.29 is 9.53 Å². The molecule has 0 spiro atoms. The van der Waals surface area contributed by atoms with E-state index < -0.39 is 5.41 Å². The number of benzene rings is 1. The van der Waals surface area contributed by atoms with Crippen molar-refractivity contribution in [3.63, 3.8) is 0 Å². The Kier molecular flexibility index (Phi) is 5.52. The Hall–Kier alpha value is -1.91. The fraction of sp³-hybridized carbons (Fsp3) is 0.294. The average Bonchev–Trinajstić information content (AvgIpc) is 2.57. The summed E-state index contributed by atoms with van der Waals surface area (Å²) in [5.74, 6) is -0.323. The Bertz CT molecular complexity index is 610. The lowest BCUT2D eigenvalue weighted by Crippen LogP contribution is -2.43. The summed E-state index contributed by atoms with van der Waals surface area (Å²) < 4.78 is 5.48. The second-order valence-electron chi connectivity index (χ2n) is 5.08. The number of esters is 1. The highest BCUT2D eigenvalue weighted by atomic mass is 35.5. The first-order valence-electron chi connectivity index (χ1n) is 7.14. The second kappa shape index (κ2) is 7.38. The van der Waals surface area contributed by atoms with Gasteiger partial charge in [-0.2, -0.15) is 0 Å². The smallest absolute Gasteiger partial charge is 0.318 e. The van der Waals surface area contributed by atoms with Crippen molar-refractivity contribution in [3.05, 3.63) is 64.9 Å². The van der Waals surface area contributed by atoms with E-state index in [0.29, 0.717) is 11.4 Å². The van der Waals surface area contributed by atoms with Crippen molar-refractivity contribution in [2.24, 2.45) is 5.73 Å². The van der Waals surface area contributed by atoms with E-state index in [2.05, 4.69) is 4.98 Å². The number of pyridine rings is 1. The third-order valence-electron chi connectivity index (χ3n) is 3.86. The van der Waals surface area contributed by atoms with Gasteiger partial charge >= 0.3 is 5.97 Å². The normalized spacial score (nSPS) is 13.4. The molecule has 0 aliphatic heterocycles. The van der Waals surface area contributed by atoms with Crippen molar-refractivity contribution in [1.82, 2.24) is 4.98 Å². The minimum absolute atomic E-state index is 0.181. The van der Waals surface area contributed by atoms with Gasteiger partial charge in [-0.15, -0.1) is 0 Å². The Balaban J connectivity index is 2.19. The molecule has 1 heterocycles. The molecule has 2 N–H and O–H groups in total. The van der Waals surface area contributed by atoms with Gasteiger partial charge in [-0.25, -0.2) is 0 Å². The number of hydrogen-bond acceptors (Lipinski definition) is 4. The van der Waals surface area contributed by atoms with Gasteiger partial charge in [-0.05, 0) is 41.8 Å². The van der Waals surface area contributed by atoms with Crippen molar-refractivity contribution >= 4 is 17.6 Å².